The maximum atomic E-state index is 9.94. The minimum absolute atomic E-state index is 0.484. The first-order valence-corrected chi connectivity index (χ1v) is 5.84. The molecule has 15 heavy (non-hydrogen) atoms. The summed E-state index contributed by atoms with van der Waals surface area (Å²) in [5.74, 6) is 0. The van der Waals surface area contributed by atoms with E-state index in [1.54, 1.807) is 0 Å². The average Bonchev–Trinajstić information content (AvgIpc) is 2.84. The van der Waals surface area contributed by atoms with Crippen molar-refractivity contribution >= 4 is 0 Å². The Balaban J connectivity index is 1.81. The van der Waals surface area contributed by atoms with Crippen molar-refractivity contribution in [2.45, 2.75) is 37.3 Å². The van der Waals surface area contributed by atoms with E-state index in [9.17, 15) is 5.11 Å². The number of rotatable bonds is 2. The number of hydrogen-bond acceptors (Lipinski definition) is 2. The molecule has 0 bridgehead atoms. The van der Waals surface area contributed by atoms with Crippen molar-refractivity contribution in [3.05, 3.63) is 35.4 Å². The number of benzene rings is 1. The van der Waals surface area contributed by atoms with Gasteiger partial charge >= 0.3 is 0 Å². The van der Waals surface area contributed by atoms with Crippen molar-refractivity contribution < 1.29 is 5.11 Å². The monoisotopic (exact) mass is 203 g/mol. The van der Waals surface area contributed by atoms with Crippen LogP contribution < -0.4 is 5.32 Å². The van der Waals surface area contributed by atoms with Gasteiger partial charge in [0.05, 0.1) is 5.60 Å². The van der Waals surface area contributed by atoms with E-state index in [-0.39, 0.29) is 0 Å². The minimum atomic E-state index is -0.484. The van der Waals surface area contributed by atoms with Gasteiger partial charge in [-0.1, -0.05) is 24.3 Å². The summed E-state index contributed by atoms with van der Waals surface area (Å²) in [6.07, 6.45) is 4.36. The minimum Gasteiger partial charge on any atom is -0.385 e. The normalized spacial score (nSPS) is 27.9. The summed E-state index contributed by atoms with van der Waals surface area (Å²) in [4.78, 5) is 0. The molecule has 80 valence electrons. The van der Waals surface area contributed by atoms with Crippen LogP contribution in [-0.4, -0.2) is 11.7 Å². The Labute approximate surface area is 90.3 Å². The van der Waals surface area contributed by atoms with Gasteiger partial charge in [0.25, 0.3) is 0 Å². The van der Waals surface area contributed by atoms with Crippen LogP contribution >= 0.6 is 0 Å². The zero-order chi connectivity index (χ0) is 10.3. The largest absolute Gasteiger partial charge is 0.385 e. The summed E-state index contributed by atoms with van der Waals surface area (Å²) >= 11 is 0. The van der Waals surface area contributed by atoms with Crippen molar-refractivity contribution in [2.75, 3.05) is 6.54 Å². The molecule has 1 saturated carbocycles. The third-order valence-electron chi connectivity index (χ3n) is 3.63. The maximum Gasteiger partial charge on any atom is 0.0899 e. The van der Waals surface area contributed by atoms with Gasteiger partial charge in [-0.05, 0) is 43.4 Å². The molecule has 1 aromatic carbocycles. The Morgan fingerprint density at radius 3 is 2.47 bits per heavy atom. The Morgan fingerprint density at radius 2 is 1.93 bits per heavy atom. The van der Waals surface area contributed by atoms with Gasteiger partial charge < -0.3 is 10.4 Å². The summed E-state index contributed by atoms with van der Waals surface area (Å²) in [6.45, 7) is 1.14. The highest BCUT2D eigenvalue weighted by Gasteiger charge is 2.41. The van der Waals surface area contributed by atoms with Gasteiger partial charge in [-0.2, -0.15) is 0 Å². The first kappa shape index (κ1) is 9.37. The molecule has 2 N–H and O–H groups in total. The van der Waals surface area contributed by atoms with Crippen molar-refractivity contribution in [3.8, 4) is 0 Å². The van der Waals surface area contributed by atoms with E-state index in [0.29, 0.717) is 6.04 Å². The average molecular weight is 203 g/mol. The lowest BCUT2D eigenvalue weighted by atomic mass is 10.0. The van der Waals surface area contributed by atoms with Gasteiger partial charge in [-0.25, -0.2) is 0 Å². The molecule has 1 aliphatic heterocycles. The SMILES string of the molecule is OC1(c2ccc(C3CCCN3)cc2)CC1. The molecule has 2 aliphatic rings. The summed E-state index contributed by atoms with van der Waals surface area (Å²) < 4.78 is 0. The third-order valence-corrected chi connectivity index (χ3v) is 3.63. The zero-order valence-electron chi connectivity index (χ0n) is 8.87. The third kappa shape index (κ3) is 1.68. The van der Waals surface area contributed by atoms with E-state index >= 15 is 0 Å². The molecule has 2 heteroatoms. The predicted octanol–water partition coefficient (Wildman–Crippen LogP) is 2.09. The van der Waals surface area contributed by atoms with Crippen LogP contribution in [0.3, 0.4) is 0 Å². The van der Waals surface area contributed by atoms with E-state index in [1.807, 2.05) is 0 Å². The van der Waals surface area contributed by atoms with Crippen LogP contribution in [0.4, 0.5) is 0 Å². The fourth-order valence-electron chi connectivity index (χ4n) is 2.40. The van der Waals surface area contributed by atoms with Gasteiger partial charge in [0.15, 0.2) is 0 Å². The van der Waals surface area contributed by atoms with E-state index in [1.165, 1.54) is 18.4 Å². The van der Waals surface area contributed by atoms with E-state index < -0.39 is 5.60 Å². The first-order chi connectivity index (χ1) is 7.28. The molecule has 0 spiro atoms. The predicted molar refractivity (Wildman–Crippen MR) is 59.6 cm³/mol. The zero-order valence-corrected chi connectivity index (χ0v) is 8.87. The Hall–Kier alpha value is -0.860. The van der Waals surface area contributed by atoms with Crippen molar-refractivity contribution in [1.82, 2.24) is 5.32 Å². The molecule has 1 saturated heterocycles. The molecule has 1 atom stereocenters. The molecular weight excluding hydrogens is 186 g/mol. The smallest absolute Gasteiger partial charge is 0.0899 e. The highest BCUT2D eigenvalue weighted by molar-refractivity contribution is 5.32. The van der Waals surface area contributed by atoms with Crippen molar-refractivity contribution in [2.24, 2.45) is 0 Å². The summed E-state index contributed by atoms with van der Waals surface area (Å²) in [7, 11) is 0. The van der Waals surface area contributed by atoms with Crippen LogP contribution in [0.2, 0.25) is 0 Å². The number of nitrogens with one attached hydrogen (secondary N) is 1. The van der Waals surface area contributed by atoms with E-state index in [0.717, 1.165) is 24.9 Å². The molecule has 3 rings (SSSR count). The van der Waals surface area contributed by atoms with Crippen LogP contribution in [0.15, 0.2) is 24.3 Å². The molecule has 0 amide bonds. The Bertz CT molecular complexity index is 347. The first-order valence-electron chi connectivity index (χ1n) is 5.84. The lowest BCUT2D eigenvalue weighted by Gasteiger charge is -2.13. The molecule has 1 aliphatic carbocycles. The molecule has 0 aromatic heterocycles. The molecule has 2 fully saturated rings. The molecular formula is C13H17NO. The Kier molecular flexibility index (Phi) is 2.08. The standard InChI is InChI=1S/C13H17NO/c15-13(7-8-13)11-5-3-10(4-6-11)12-2-1-9-14-12/h3-6,12,14-15H,1-2,7-9H2. The second-order valence-corrected chi connectivity index (χ2v) is 4.80. The number of aliphatic hydroxyl groups is 1. The van der Waals surface area contributed by atoms with E-state index in [2.05, 4.69) is 29.6 Å². The van der Waals surface area contributed by atoms with Crippen LogP contribution in [0.5, 0.6) is 0 Å². The van der Waals surface area contributed by atoms with Crippen LogP contribution in [0.25, 0.3) is 0 Å². The molecule has 0 radical (unpaired) electrons. The van der Waals surface area contributed by atoms with E-state index in [4.69, 9.17) is 0 Å². The summed E-state index contributed by atoms with van der Waals surface area (Å²) in [5.41, 5.74) is 1.96. The van der Waals surface area contributed by atoms with Crippen LogP contribution in [-0.2, 0) is 5.60 Å². The van der Waals surface area contributed by atoms with Crippen LogP contribution in [0.1, 0.15) is 42.9 Å². The van der Waals surface area contributed by atoms with Crippen molar-refractivity contribution in [3.63, 3.8) is 0 Å². The lowest BCUT2D eigenvalue weighted by molar-refractivity contribution is 0.151. The van der Waals surface area contributed by atoms with Gasteiger partial charge in [0.2, 0.25) is 0 Å². The molecule has 1 heterocycles. The van der Waals surface area contributed by atoms with Gasteiger partial charge in [0, 0.05) is 6.04 Å². The molecule has 2 nitrogen and oxygen atoms in total. The fraction of sp³-hybridized carbons (Fsp3) is 0.538. The summed E-state index contributed by atoms with van der Waals surface area (Å²) in [5, 5.41) is 13.4. The van der Waals surface area contributed by atoms with Gasteiger partial charge in [0.1, 0.15) is 0 Å². The fourth-order valence-corrected chi connectivity index (χ4v) is 2.40. The summed E-state index contributed by atoms with van der Waals surface area (Å²) in [6, 6.07) is 9.03. The molecule has 1 unspecified atom stereocenters. The quantitative estimate of drug-likeness (QED) is 0.771. The maximum absolute atomic E-state index is 9.94. The van der Waals surface area contributed by atoms with Crippen molar-refractivity contribution in [1.29, 1.82) is 0 Å². The van der Waals surface area contributed by atoms with Gasteiger partial charge in [-0.3, -0.25) is 0 Å². The second kappa shape index (κ2) is 3.32. The Morgan fingerprint density at radius 1 is 1.20 bits per heavy atom. The van der Waals surface area contributed by atoms with Gasteiger partial charge in [-0.15, -0.1) is 0 Å². The topological polar surface area (TPSA) is 32.3 Å². The highest BCUT2D eigenvalue weighted by atomic mass is 16.3. The lowest BCUT2D eigenvalue weighted by Crippen LogP contribution is -2.13. The number of hydrogen-bond donors (Lipinski definition) is 2. The molecule has 1 aromatic rings. The highest BCUT2D eigenvalue weighted by Crippen LogP contribution is 2.45. The second-order valence-electron chi connectivity index (χ2n) is 4.80. The van der Waals surface area contributed by atoms with Crippen LogP contribution in [0, 0.1) is 0 Å².